The summed E-state index contributed by atoms with van der Waals surface area (Å²) in [5.74, 6) is 2.07. The van der Waals surface area contributed by atoms with Crippen molar-refractivity contribution in [2.45, 2.75) is 19.8 Å². The second kappa shape index (κ2) is 5.41. The molecule has 1 unspecified atom stereocenters. The van der Waals surface area contributed by atoms with Crippen molar-refractivity contribution in [2.24, 2.45) is 0 Å². The molecule has 0 saturated heterocycles. The molecule has 0 bridgehead atoms. The molecule has 20 heavy (non-hydrogen) atoms. The van der Waals surface area contributed by atoms with E-state index in [0.29, 0.717) is 12.5 Å². The fourth-order valence-electron chi connectivity index (χ4n) is 2.41. The normalized spacial score (nSPS) is 16.2. The van der Waals surface area contributed by atoms with Crippen LogP contribution in [0, 0.1) is 0 Å². The number of hydrogen-bond donors (Lipinski definition) is 0. The summed E-state index contributed by atoms with van der Waals surface area (Å²) in [5, 5.41) is 0. The van der Waals surface area contributed by atoms with Crippen molar-refractivity contribution in [1.82, 2.24) is 0 Å². The minimum atomic E-state index is 0.323. The van der Waals surface area contributed by atoms with Gasteiger partial charge in [-0.05, 0) is 31.1 Å². The van der Waals surface area contributed by atoms with Crippen LogP contribution in [0.15, 0.2) is 60.4 Å². The van der Waals surface area contributed by atoms with E-state index in [1.165, 1.54) is 11.1 Å². The predicted octanol–water partition coefficient (Wildman–Crippen LogP) is 4.51. The molecule has 1 aliphatic heterocycles. The Labute approximate surface area is 119 Å². The average molecular weight is 266 g/mol. The van der Waals surface area contributed by atoms with E-state index < -0.39 is 0 Å². The molecule has 1 atom stereocenters. The lowest BCUT2D eigenvalue weighted by Gasteiger charge is -2.09. The Morgan fingerprint density at radius 3 is 2.70 bits per heavy atom. The first kappa shape index (κ1) is 12.8. The summed E-state index contributed by atoms with van der Waals surface area (Å²) in [6, 6.07) is 16.6. The summed E-state index contributed by atoms with van der Waals surface area (Å²) >= 11 is 0. The van der Waals surface area contributed by atoms with Crippen LogP contribution in [0.2, 0.25) is 0 Å². The van der Waals surface area contributed by atoms with E-state index in [1.54, 1.807) is 6.26 Å². The first-order valence-electron chi connectivity index (χ1n) is 6.86. The van der Waals surface area contributed by atoms with Crippen molar-refractivity contribution in [3.8, 4) is 11.5 Å². The molecule has 0 saturated carbocycles. The summed E-state index contributed by atoms with van der Waals surface area (Å²) in [4.78, 5) is 0. The van der Waals surface area contributed by atoms with Gasteiger partial charge < -0.3 is 9.47 Å². The minimum Gasteiger partial charge on any atom is -0.492 e. The molecule has 2 nitrogen and oxygen atoms in total. The summed E-state index contributed by atoms with van der Waals surface area (Å²) in [6.45, 7) is 4.72. The molecule has 0 N–H and O–H groups in total. The Balaban J connectivity index is 1.87. The third-order valence-electron chi connectivity index (χ3n) is 3.40. The average Bonchev–Trinajstić information content (AvgIpc) is 2.89. The predicted molar refractivity (Wildman–Crippen MR) is 80.3 cm³/mol. The highest BCUT2D eigenvalue weighted by Gasteiger charge is 2.25. The van der Waals surface area contributed by atoms with Crippen molar-refractivity contribution in [2.75, 3.05) is 6.61 Å². The van der Waals surface area contributed by atoms with Gasteiger partial charge >= 0.3 is 0 Å². The van der Waals surface area contributed by atoms with E-state index in [9.17, 15) is 0 Å². The molecule has 102 valence electrons. The van der Waals surface area contributed by atoms with Gasteiger partial charge in [0.15, 0.2) is 0 Å². The van der Waals surface area contributed by atoms with Crippen molar-refractivity contribution in [3.63, 3.8) is 0 Å². The van der Waals surface area contributed by atoms with Gasteiger partial charge in [-0.3, -0.25) is 0 Å². The Hall–Kier alpha value is -2.22. The lowest BCUT2D eigenvalue weighted by molar-refractivity contribution is 0.341. The van der Waals surface area contributed by atoms with Crippen LogP contribution < -0.4 is 9.47 Å². The summed E-state index contributed by atoms with van der Waals surface area (Å²) < 4.78 is 11.4. The Morgan fingerprint density at radius 1 is 1.15 bits per heavy atom. The van der Waals surface area contributed by atoms with Crippen LogP contribution in [0.1, 0.15) is 30.9 Å². The second-order valence-corrected chi connectivity index (χ2v) is 5.29. The van der Waals surface area contributed by atoms with Crippen molar-refractivity contribution >= 4 is 0 Å². The van der Waals surface area contributed by atoms with Crippen LogP contribution in [-0.4, -0.2) is 6.61 Å². The maximum Gasteiger partial charge on any atom is 0.130 e. The third kappa shape index (κ3) is 2.55. The van der Waals surface area contributed by atoms with E-state index in [-0.39, 0.29) is 0 Å². The van der Waals surface area contributed by atoms with Crippen LogP contribution >= 0.6 is 0 Å². The summed E-state index contributed by atoms with van der Waals surface area (Å²) in [7, 11) is 0. The zero-order valence-electron chi connectivity index (χ0n) is 11.8. The molecule has 0 radical (unpaired) electrons. The first-order valence-corrected chi connectivity index (χ1v) is 6.86. The molecule has 3 rings (SSSR count). The van der Waals surface area contributed by atoms with E-state index in [4.69, 9.17) is 9.47 Å². The number of allylic oxidation sites excluding steroid dienone is 1. The fourth-order valence-corrected chi connectivity index (χ4v) is 2.41. The molecular formula is C18H18O2. The van der Waals surface area contributed by atoms with E-state index >= 15 is 0 Å². The monoisotopic (exact) mass is 266 g/mol. The van der Waals surface area contributed by atoms with Crippen LogP contribution in [0.5, 0.6) is 11.5 Å². The Kier molecular flexibility index (Phi) is 3.46. The van der Waals surface area contributed by atoms with Crippen LogP contribution in [0.3, 0.4) is 0 Å². The standard InChI is InChI=1S/C18H18O2/c1-13(2)11-19-15-8-9-16-17(12-20-18(16)10-15)14-6-4-3-5-7-14/h3-11,17H,12H2,1-2H3. The topological polar surface area (TPSA) is 18.5 Å². The minimum absolute atomic E-state index is 0.323. The summed E-state index contributed by atoms with van der Waals surface area (Å²) in [5.41, 5.74) is 3.67. The van der Waals surface area contributed by atoms with Gasteiger partial charge in [0, 0.05) is 17.5 Å². The molecule has 0 aromatic heterocycles. The highest BCUT2D eigenvalue weighted by atomic mass is 16.5. The largest absolute Gasteiger partial charge is 0.492 e. The maximum atomic E-state index is 5.81. The fraction of sp³-hybridized carbons (Fsp3) is 0.222. The van der Waals surface area contributed by atoms with E-state index in [1.807, 2.05) is 32.0 Å². The molecule has 0 amide bonds. The summed E-state index contributed by atoms with van der Waals surface area (Å²) in [6.07, 6.45) is 1.76. The number of rotatable bonds is 3. The molecule has 2 aromatic carbocycles. The Morgan fingerprint density at radius 2 is 1.95 bits per heavy atom. The zero-order chi connectivity index (χ0) is 13.9. The van der Waals surface area contributed by atoms with Gasteiger partial charge in [-0.1, -0.05) is 36.4 Å². The molecule has 1 aliphatic rings. The van der Waals surface area contributed by atoms with Gasteiger partial charge in [0.1, 0.15) is 11.5 Å². The van der Waals surface area contributed by atoms with Gasteiger partial charge in [-0.25, -0.2) is 0 Å². The number of benzene rings is 2. The highest BCUT2D eigenvalue weighted by Crippen LogP contribution is 2.40. The first-order chi connectivity index (χ1) is 9.74. The van der Waals surface area contributed by atoms with Gasteiger partial charge in [0.05, 0.1) is 12.9 Å². The molecule has 0 fully saturated rings. The van der Waals surface area contributed by atoms with Gasteiger partial charge in [-0.15, -0.1) is 0 Å². The third-order valence-corrected chi connectivity index (χ3v) is 3.40. The highest BCUT2D eigenvalue weighted by molar-refractivity contribution is 5.49. The number of ether oxygens (including phenoxy) is 2. The van der Waals surface area contributed by atoms with Gasteiger partial charge in [0.2, 0.25) is 0 Å². The maximum absolute atomic E-state index is 5.81. The smallest absolute Gasteiger partial charge is 0.130 e. The van der Waals surface area contributed by atoms with Crippen molar-refractivity contribution in [1.29, 1.82) is 0 Å². The van der Waals surface area contributed by atoms with Crippen molar-refractivity contribution < 1.29 is 9.47 Å². The SMILES string of the molecule is CC(C)=COc1ccc2c(c1)OCC2c1ccccc1. The molecule has 1 heterocycles. The zero-order valence-corrected chi connectivity index (χ0v) is 11.8. The van der Waals surface area contributed by atoms with Crippen LogP contribution in [0.4, 0.5) is 0 Å². The number of fused-ring (bicyclic) bond motifs is 1. The lowest BCUT2D eigenvalue weighted by Crippen LogP contribution is -2.01. The molecule has 2 heteroatoms. The second-order valence-electron chi connectivity index (χ2n) is 5.29. The quantitative estimate of drug-likeness (QED) is 0.761. The molecule has 2 aromatic rings. The van der Waals surface area contributed by atoms with Gasteiger partial charge in [0.25, 0.3) is 0 Å². The van der Waals surface area contributed by atoms with Gasteiger partial charge in [-0.2, -0.15) is 0 Å². The van der Waals surface area contributed by atoms with Crippen LogP contribution in [-0.2, 0) is 0 Å². The molecule has 0 spiro atoms. The van der Waals surface area contributed by atoms with Crippen LogP contribution in [0.25, 0.3) is 0 Å². The lowest BCUT2D eigenvalue weighted by atomic mass is 9.93. The number of hydrogen-bond acceptors (Lipinski definition) is 2. The van der Waals surface area contributed by atoms with Crippen molar-refractivity contribution in [3.05, 3.63) is 71.5 Å². The molecule has 0 aliphatic carbocycles. The van der Waals surface area contributed by atoms with E-state index in [0.717, 1.165) is 17.1 Å². The molecular weight excluding hydrogens is 248 g/mol. The van der Waals surface area contributed by atoms with E-state index in [2.05, 4.69) is 30.3 Å². The Bertz CT molecular complexity index is 625.